The Labute approximate surface area is 129 Å². The molecule has 0 spiro atoms. The van der Waals surface area contributed by atoms with Crippen LogP contribution in [-0.2, 0) is 24.4 Å². The Balaban J connectivity index is 0. The molecule has 0 atom stereocenters. The molecule has 0 fully saturated rings. The third kappa shape index (κ3) is 5.66. The van der Waals surface area contributed by atoms with E-state index in [1.54, 1.807) is 14.1 Å². The van der Waals surface area contributed by atoms with Gasteiger partial charge in [0, 0.05) is 0 Å². The topological polar surface area (TPSA) is 0 Å². The Morgan fingerprint density at radius 2 is 1.81 bits per heavy atom. The summed E-state index contributed by atoms with van der Waals surface area (Å²) in [5, 5.41) is 1.77. The van der Waals surface area contributed by atoms with E-state index >= 15 is 0 Å². The summed E-state index contributed by atoms with van der Waals surface area (Å²) >= 11 is 1.28. The van der Waals surface area contributed by atoms with Crippen LogP contribution in [0.3, 0.4) is 0 Å². The Hall–Kier alpha value is 1.15. The van der Waals surface area contributed by atoms with Gasteiger partial charge in [-0.15, -0.1) is 24.8 Å². The van der Waals surface area contributed by atoms with Crippen molar-refractivity contribution in [3.05, 3.63) is 20.2 Å². The number of hydrogen-bond donors (Lipinski definition) is 0. The summed E-state index contributed by atoms with van der Waals surface area (Å²) < 4.78 is 1.79. The van der Waals surface area contributed by atoms with Crippen LogP contribution in [0.2, 0.25) is 19.6 Å². The maximum atomic E-state index is 2.55. The van der Waals surface area contributed by atoms with Gasteiger partial charge in [0.05, 0.1) is 0 Å². The zero-order chi connectivity index (χ0) is 10.8. The van der Waals surface area contributed by atoms with Crippen molar-refractivity contribution in [3.8, 4) is 0 Å². The van der Waals surface area contributed by atoms with Crippen molar-refractivity contribution in [2.45, 2.75) is 52.2 Å². The fraction of sp³-hybridized carbons (Fsp3) is 0.667. The molecule has 0 saturated carbocycles. The smallest absolute Gasteiger partial charge is 0.147 e. The van der Waals surface area contributed by atoms with Crippen LogP contribution in [-0.4, -0.2) is 8.07 Å². The van der Waals surface area contributed by atoms with Gasteiger partial charge in [0.15, 0.2) is 0 Å². The van der Waals surface area contributed by atoms with Crippen molar-refractivity contribution in [1.82, 2.24) is 0 Å². The Morgan fingerprint density at radius 1 is 1.25 bits per heavy atom. The van der Waals surface area contributed by atoms with Gasteiger partial charge in [-0.25, -0.2) is 0 Å². The van der Waals surface area contributed by atoms with Gasteiger partial charge in [0.2, 0.25) is 0 Å². The number of unbranched alkanes of at least 4 members (excludes halogenated alkanes) is 1. The van der Waals surface area contributed by atoms with Gasteiger partial charge in [0.1, 0.15) is 0 Å². The molecule has 0 heterocycles. The van der Waals surface area contributed by atoms with E-state index in [1.165, 1.54) is 50.1 Å². The van der Waals surface area contributed by atoms with Gasteiger partial charge >= 0.3 is 105 Å². The Morgan fingerprint density at radius 3 is 2.19 bits per heavy atom. The number of hydrogen-bond acceptors (Lipinski definition) is 0. The van der Waals surface area contributed by atoms with Gasteiger partial charge in [-0.05, 0) is 0 Å². The summed E-state index contributed by atoms with van der Waals surface area (Å²) in [7, 11) is -1.03. The molecule has 0 bridgehead atoms. The van der Waals surface area contributed by atoms with E-state index in [-0.39, 0.29) is 24.8 Å². The van der Waals surface area contributed by atoms with Crippen molar-refractivity contribution in [1.29, 1.82) is 0 Å². The second kappa shape index (κ2) is 8.28. The molecule has 1 aliphatic carbocycles. The molecule has 0 aliphatic heterocycles. The molecule has 0 aromatic heterocycles. The van der Waals surface area contributed by atoms with Crippen LogP contribution in [0.5, 0.6) is 0 Å². The molecule has 1 rings (SSSR count). The van der Waals surface area contributed by atoms with Crippen molar-refractivity contribution < 1.29 is 24.4 Å². The third-order valence-electron chi connectivity index (χ3n) is 2.74. The number of halogens is 2. The van der Waals surface area contributed by atoms with Crippen LogP contribution in [0.25, 0.3) is 0 Å². The largest absolute Gasteiger partial charge is 0.147 e. The van der Waals surface area contributed by atoms with E-state index in [9.17, 15) is 0 Å². The Bertz CT molecular complexity index is 277. The van der Waals surface area contributed by atoms with Crippen molar-refractivity contribution >= 4 is 32.9 Å². The SMILES string of the molecule is CCCCC1=CC([Si](C)(C)C)=[C]([Hf])C1.Cl.Cl. The van der Waals surface area contributed by atoms with Crippen LogP contribution in [0.4, 0.5) is 0 Å². The summed E-state index contributed by atoms with van der Waals surface area (Å²) in [5.41, 5.74) is 1.72. The maximum absolute atomic E-state index is 2.55. The van der Waals surface area contributed by atoms with Crippen LogP contribution in [0.15, 0.2) is 20.2 Å². The molecule has 0 amide bonds. The summed E-state index contributed by atoms with van der Waals surface area (Å²) in [6.45, 7) is 9.70. The van der Waals surface area contributed by atoms with Crippen molar-refractivity contribution in [3.63, 3.8) is 0 Å². The summed E-state index contributed by atoms with van der Waals surface area (Å²) in [4.78, 5) is 0. The third-order valence-corrected chi connectivity index (χ3v) is 7.30. The van der Waals surface area contributed by atoms with Gasteiger partial charge < -0.3 is 0 Å². The molecular formula is C12H23Cl2HfSi. The fourth-order valence-electron chi connectivity index (χ4n) is 1.90. The molecule has 0 radical (unpaired) electrons. The normalized spacial score (nSPS) is 15.3. The maximum Gasteiger partial charge on any atom is -0.147 e. The van der Waals surface area contributed by atoms with Crippen LogP contribution in [0.1, 0.15) is 32.6 Å². The van der Waals surface area contributed by atoms with E-state index in [0.717, 1.165) is 0 Å². The van der Waals surface area contributed by atoms with Gasteiger partial charge in [-0.2, -0.15) is 0 Å². The van der Waals surface area contributed by atoms with Gasteiger partial charge in [-0.1, -0.05) is 0 Å². The molecule has 16 heavy (non-hydrogen) atoms. The first kappa shape index (κ1) is 19.5. The average Bonchev–Trinajstić information content (AvgIpc) is 2.42. The van der Waals surface area contributed by atoms with E-state index in [0.29, 0.717) is 0 Å². The molecule has 0 N–H and O–H groups in total. The molecule has 0 nitrogen and oxygen atoms in total. The first-order valence-corrected chi connectivity index (χ1v) is 10.9. The predicted molar refractivity (Wildman–Crippen MR) is 77.1 cm³/mol. The van der Waals surface area contributed by atoms with Crippen molar-refractivity contribution in [2.75, 3.05) is 0 Å². The van der Waals surface area contributed by atoms with E-state index in [2.05, 4.69) is 32.6 Å². The van der Waals surface area contributed by atoms with E-state index < -0.39 is 8.07 Å². The first-order valence-electron chi connectivity index (χ1n) is 5.60. The second-order valence-electron chi connectivity index (χ2n) is 5.23. The zero-order valence-corrected chi connectivity index (χ0v) is 16.9. The minimum atomic E-state index is -1.03. The van der Waals surface area contributed by atoms with E-state index in [1.807, 2.05) is 0 Å². The van der Waals surface area contributed by atoms with Crippen molar-refractivity contribution in [2.24, 2.45) is 0 Å². The van der Waals surface area contributed by atoms with Crippen LogP contribution in [0, 0.1) is 0 Å². The van der Waals surface area contributed by atoms with Crippen LogP contribution >= 0.6 is 24.8 Å². The summed E-state index contributed by atoms with van der Waals surface area (Å²) in [5.74, 6) is 0. The number of allylic oxidation sites excluding steroid dienone is 4. The fourth-order valence-corrected chi connectivity index (χ4v) is 8.65. The first-order chi connectivity index (χ1) is 6.45. The minimum Gasteiger partial charge on any atom is -0.147 e. The van der Waals surface area contributed by atoms with Gasteiger partial charge in [-0.3, -0.25) is 0 Å². The zero-order valence-electron chi connectivity index (χ0n) is 10.7. The molecule has 0 saturated heterocycles. The Kier molecular flexibility index (Phi) is 10.1. The molecule has 0 aromatic rings. The predicted octanol–water partition coefficient (Wildman–Crippen LogP) is 5.03. The van der Waals surface area contributed by atoms with Crippen LogP contribution < -0.4 is 0 Å². The van der Waals surface area contributed by atoms with Gasteiger partial charge in [0.25, 0.3) is 0 Å². The quantitative estimate of drug-likeness (QED) is 0.534. The second-order valence-corrected chi connectivity index (χ2v) is 12.4. The standard InChI is InChI=1S/C12H21Si.2ClH.Hf/c1-5-6-7-11-8-9-12(10-11)13(2,3)4;;;/h10H,5-8H2,1-4H3;2*1H;. The summed E-state index contributed by atoms with van der Waals surface area (Å²) in [6, 6.07) is 0. The molecule has 0 unspecified atom stereocenters. The minimum absolute atomic E-state index is 0. The van der Waals surface area contributed by atoms with E-state index in [4.69, 9.17) is 0 Å². The molecule has 93 valence electrons. The molecule has 4 heteroatoms. The average molecular weight is 445 g/mol. The molecular weight excluding hydrogens is 422 g/mol. The number of rotatable bonds is 4. The molecule has 1 aliphatic rings. The monoisotopic (exact) mass is 445 g/mol. The summed E-state index contributed by atoms with van der Waals surface area (Å²) in [6.07, 6.45) is 7.92. The molecule has 0 aromatic carbocycles.